The molecule has 2 rings (SSSR count). The van der Waals surface area contributed by atoms with E-state index in [0.29, 0.717) is 4.68 Å². The van der Waals surface area contributed by atoms with Crippen LogP contribution in [0.2, 0.25) is 5.02 Å². The number of benzene rings is 1. The molecule has 114 valence electrons. The van der Waals surface area contributed by atoms with Crippen molar-refractivity contribution in [3.05, 3.63) is 27.3 Å². The number of nitrogens with zero attached hydrogens (tertiary/aromatic N) is 4. The molecule has 0 saturated heterocycles. The van der Waals surface area contributed by atoms with Gasteiger partial charge in [0.1, 0.15) is 12.1 Å². The van der Waals surface area contributed by atoms with E-state index in [2.05, 4.69) is 30.7 Å². The summed E-state index contributed by atoms with van der Waals surface area (Å²) in [5.74, 6) is -0.130. The lowest BCUT2D eigenvalue weighted by Gasteiger charge is -2.07. The van der Waals surface area contributed by atoms with Crippen molar-refractivity contribution in [2.75, 3.05) is 3.71 Å². The van der Waals surface area contributed by atoms with Crippen LogP contribution in [0.25, 0.3) is 10.9 Å². The van der Waals surface area contributed by atoms with Gasteiger partial charge in [-0.05, 0) is 6.07 Å². The molecule has 12 heteroatoms. The van der Waals surface area contributed by atoms with Gasteiger partial charge < -0.3 is 0 Å². The zero-order chi connectivity index (χ0) is 15.9. The maximum Gasteiger partial charge on any atom is 0.408 e. The van der Waals surface area contributed by atoms with Crippen LogP contribution in [0.15, 0.2) is 12.1 Å². The Morgan fingerprint density at radius 1 is 1.43 bits per heavy atom. The van der Waals surface area contributed by atoms with Crippen molar-refractivity contribution in [1.82, 2.24) is 9.78 Å². The molecule has 0 saturated carbocycles. The molecule has 6 nitrogen and oxygen atoms in total. The normalized spacial score (nSPS) is 11.9. The van der Waals surface area contributed by atoms with Crippen LogP contribution < -0.4 is 3.71 Å². The molecule has 1 aromatic carbocycles. The summed E-state index contributed by atoms with van der Waals surface area (Å²) in [5, 5.41) is 14.6. The van der Waals surface area contributed by atoms with Gasteiger partial charge in [-0.3, -0.25) is 10.1 Å². The summed E-state index contributed by atoms with van der Waals surface area (Å²) in [7, 11) is 0. The Kier molecular flexibility index (Phi) is 4.17. The molecule has 0 aliphatic carbocycles. The number of non-ortho nitro benzene ring substituents is 1. The third-order valence-corrected chi connectivity index (χ3v) is 3.21. The summed E-state index contributed by atoms with van der Waals surface area (Å²) >= 11 is 13.6. The summed E-state index contributed by atoms with van der Waals surface area (Å²) in [6.07, 6.45) is -4.61. The monoisotopic (exact) mass is 358 g/mol. The first-order valence-electron chi connectivity index (χ1n) is 5.20. The molecular weight excluding hydrogens is 353 g/mol. The SMILES string of the molecule is O=[N+]([O-])c1ccc(Cl)c2c(N(S)S)nn(CC(F)(F)F)c12. The highest BCUT2D eigenvalue weighted by Gasteiger charge is 2.33. The minimum absolute atomic E-state index is 0.00660. The lowest BCUT2D eigenvalue weighted by molar-refractivity contribution is -0.383. The smallest absolute Gasteiger partial charge is 0.258 e. The van der Waals surface area contributed by atoms with Crippen molar-refractivity contribution in [2.24, 2.45) is 0 Å². The molecule has 0 atom stereocenters. The predicted molar refractivity (Wildman–Crippen MR) is 77.9 cm³/mol. The molecule has 0 amide bonds. The Balaban J connectivity index is 2.85. The minimum Gasteiger partial charge on any atom is -0.258 e. The van der Waals surface area contributed by atoms with Gasteiger partial charge in [-0.1, -0.05) is 37.2 Å². The van der Waals surface area contributed by atoms with E-state index in [1.54, 1.807) is 0 Å². The van der Waals surface area contributed by atoms with E-state index in [-0.39, 0.29) is 21.7 Å². The Bertz CT molecular complexity index is 719. The number of halogens is 4. The molecule has 21 heavy (non-hydrogen) atoms. The van der Waals surface area contributed by atoms with E-state index in [1.165, 1.54) is 6.07 Å². The maximum atomic E-state index is 12.6. The molecule has 0 unspecified atom stereocenters. The average Bonchev–Trinajstić information content (AvgIpc) is 2.67. The molecule has 1 heterocycles. The second-order valence-corrected chi connectivity index (χ2v) is 5.46. The topological polar surface area (TPSA) is 64.2 Å². The van der Waals surface area contributed by atoms with Gasteiger partial charge in [-0.25, -0.2) is 8.39 Å². The molecule has 0 spiro atoms. The maximum absolute atomic E-state index is 12.6. The van der Waals surface area contributed by atoms with Gasteiger partial charge in [0.05, 0.1) is 15.3 Å². The molecular formula is C9H6ClF3N4O2S2. The van der Waals surface area contributed by atoms with Gasteiger partial charge in [0.15, 0.2) is 5.82 Å². The molecule has 0 aliphatic rings. The first-order chi connectivity index (χ1) is 9.61. The van der Waals surface area contributed by atoms with Crippen LogP contribution in [-0.4, -0.2) is 20.9 Å². The number of nitro benzene ring substituents is 1. The lowest BCUT2D eigenvalue weighted by atomic mass is 10.2. The van der Waals surface area contributed by atoms with E-state index in [4.69, 9.17) is 11.6 Å². The van der Waals surface area contributed by atoms with Gasteiger partial charge in [0, 0.05) is 6.07 Å². The molecule has 0 bridgehead atoms. The minimum atomic E-state index is -4.61. The first-order valence-corrected chi connectivity index (χ1v) is 6.37. The van der Waals surface area contributed by atoms with E-state index in [0.717, 1.165) is 9.78 Å². The number of nitro groups is 1. The Morgan fingerprint density at radius 3 is 2.52 bits per heavy atom. The van der Waals surface area contributed by atoms with Crippen LogP contribution in [-0.2, 0) is 6.54 Å². The summed E-state index contributed by atoms with van der Waals surface area (Å²) in [4.78, 5) is 10.2. The first kappa shape index (κ1) is 16.0. The zero-order valence-corrected chi connectivity index (χ0v) is 12.4. The fourth-order valence-electron chi connectivity index (χ4n) is 1.82. The number of rotatable bonds is 3. The van der Waals surface area contributed by atoms with Crippen molar-refractivity contribution >= 4 is 59.6 Å². The van der Waals surface area contributed by atoms with E-state index < -0.39 is 23.3 Å². The number of anilines is 1. The fraction of sp³-hybridized carbons (Fsp3) is 0.222. The van der Waals surface area contributed by atoms with Gasteiger partial charge in [0.2, 0.25) is 0 Å². The molecule has 0 N–H and O–H groups in total. The number of fused-ring (bicyclic) bond motifs is 1. The van der Waals surface area contributed by atoms with Gasteiger partial charge >= 0.3 is 6.18 Å². The summed E-state index contributed by atoms with van der Waals surface area (Å²) in [5.41, 5.74) is -0.881. The number of hydrogen-bond acceptors (Lipinski definition) is 6. The third-order valence-electron chi connectivity index (χ3n) is 2.52. The van der Waals surface area contributed by atoms with Crippen LogP contribution >= 0.6 is 37.2 Å². The zero-order valence-electron chi connectivity index (χ0n) is 9.87. The number of thiol groups is 2. The fourth-order valence-corrected chi connectivity index (χ4v) is 2.33. The van der Waals surface area contributed by atoms with E-state index in [1.807, 2.05) is 0 Å². The van der Waals surface area contributed by atoms with E-state index >= 15 is 0 Å². The van der Waals surface area contributed by atoms with Crippen LogP contribution in [0.4, 0.5) is 24.7 Å². The summed E-state index contributed by atoms with van der Waals surface area (Å²) in [6.45, 7) is -1.50. The second kappa shape index (κ2) is 5.46. The van der Waals surface area contributed by atoms with Gasteiger partial charge in [-0.2, -0.15) is 18.3 Å². The molecule has 0 aliphatic heterocycles. The van der Waals surface area contributed by atoms with Crippen molar-refractivity contribution in [3.8, 4) is 0 Å². The van der Waals surface area contributed by atoms with Gasteiger partial charge in [0.25, 0.3) is 5.69 Å². The van der Waals surface area contributed by atoms with Crippen LogP contribution in [0.5, 0.6) is 0 Å². The number of aromatic nitrogens is 2. The average molecular weight is 359 g/mol. The standard InChI is InChI=1S/C9H6ClF3N4O2S2/c10-4-1-2-5(16(18)19)7-6(4)8(17(20)21)14-15(7)3-9(11,12)13/h1-2,20-21H,3H2. The van der Waals surface area contributed by atoms with Crippen molar-refractivity contribution in [3.63, 3.8) is 0 Å². The largest absolute Gasteiger partial charge is 0.408 e. The summed E-state index contributed by atoms with van der Waals surface area (Å²) < 4.78 is 39.1. The molecule has 0 radical (unpaired) electrons. The second-order valence-electron chi connectivity index (χ2n) is 3.93. The Hall–Kier alpha value is -1.33. The Labute approximate surface area is 131 Å². The van der Waals surface area contributed by atoms with Gasteiger partial charge in [-0.15, -0.1) is 0 Å². The van der Waals surface area contributed by atoms with Crippen molar-refractivity contribution < 1.29 is 18.1 Å². The van der Waals surface area contributed by atoms with Crippen molar-refractivity contribution in [1.29, 1.82) is 0 Å². The highest BCUT2D eigenvalue weighted by molar-refractivity contribution is 8.00. The quantitative estimate of drug-likeness (QED) is 0.499. The number of alkyl halides is 3. The molecule has 1 aromatic heterocycles. The highest BCUT2D eigenvalue weighted by Crippen LogP contribution is 2.39. The molecule has 2 aromatic rings. The van der Waals surface area contributed by atoms with Crippen LogP contribution in [0.1, 0.15) is 0 Å². The predicted octanol–water partition coefficient (Wildman–Crippen LogP) is 3.66. The van der Waals surface area contributed by atoms with E-state index in [9.17, 15) is 23.3 Å². The summed E-state index contributed by atoms with van der Waals surface area (Å²) in [6, 6.07) is 2.22. The van der Waals surface area contributed by atoms with Crippen LogP contribution in [0, 0.1) is 10.1 Å². The Morgan fingerprint density at radius 2 is 2.05 bits per heavy atom. The van der Waals surface area contributed by atoms with Crippen molar-refractivity contribution in [2.45, 2.75) is 12.7 Å². The lowest BCUT2D eigenvalue weighted by Crippen LogP contribution is -2.19. The van der Waals surface area contributed by atoms with Crippen LogP contribution in [0.3, 0.4) is 0 Å². The molecule has 0 fully saturated rings. The highest BCUT2D eigenvalue weighted by atomic mass is 35.5. The third kappa shape index (κ3) is 3.14. The number of hydrogen-bond donors (Lipinski definition) is 2.